The highest BCUT2D eigenvalue weighted by atomic mass is 16.5. The molecule has 0 saturated heterocycles. The molecular formula is C23H28N2O3. The molecule has 0 aliphatic carbocycles. The Morgan fingerprint density at radius 1 is 0.964 bits per heavy atom. The van der Waals surface area contributed by atoms with Gasteiger partial charge in [0.2, 0.25) is 0 Å². The zero-order valence-corrected chi connectivity index (χ0v) is 17.3. The molecule has 1 heterocycles. The monoisotopic (exact) mass is 380 g/mol. The van der Waals surface area contributed by atoms with Crippen molar-refractivity contribution >= 4 is 33.4 Å². The molecule has 5 heteroatoms. The average Bonchev–Trinajstić information content (AvgIpc) is 2.99. The van der Waals surface area contributed by atoms with E-state index in [0.29, 0.717) is 16.9 Å². The molecule has 0 amide bonds. The third kappa shape index (κ3) is 3.54. The summed E-state index contributed by atoms with van der Waals surface area (Å²) in [5.74, 6) is 0.579. The number of hydrogen-bond acceptors (Lipinski definition) is 4. The lowest BCUT2D eigenvalue weighted by Gasteiger charge is -2.19. The van der Waals surface area contributed by atoms with Crippen LogP contribution in [0.4, 0.5) is 0 Å². The second-order valence-corrected chi connectivity index (χ2v) is 7.09. The van der Waals surface area contributed by atoms with E-state index < -0.39 is 0 Å². The van der Waals surface area contributed by atoms with Gasteiger partial charge in [0.1, 0.15) is 5.75 Å². The predicted molar refractivity (Wildman–Crippen MR) is 114 cm³/mol. The Hall–Kier alpha value is -2.66. The van der Waals surface area contributed by atoms with E-state index in [-0.39, 0.29) is 11.6 Å². The van der Waals surface area contributed by atoms with Crippen LogP contribution in [0, 0.1) is 0 Å². The summed E-state index contributed by atoms with van der Waals surface area (Å²) in [7, 11) is 1.59. The third-order valence-corrected chi connectivity index (χ3v) is 5.51. The number of likely N-dealkylation sites (N-methyl/N-ethyl adjacent to an activating group) is 1. The number of carbonyl (C=O) groups excluding carboxylic acids is 2. The van der Waals surface area contributed by atoms with Crippen molar-refractivity contribution in [2.75, 3.05) is 26.7 Å². The van der Waals surface area contributed by atoms with Crippen LogP contribution in [0.3, 0.4) is 0 Å². The highest BCUT2D eigenvalue weighted by Crippen LogP contribution is 2.35. The number of ketones is 2. The van der Waals surface area contributed by atoms with E-state index in [9.17, 15) is 9.59 Å². The highest BCUT2D eigenvalue weighted by Gasteiger charge is 2.18. The van der Waals surface area contributed by atoms with Crippen LogP contribution in [0.25, 0.3) is 21.8 Å². The molecule has 3 rings (SSSR count). The number of ether oxygens (including phenoxy) is 1. The van der Waals surface area contributed by atoms with Crippen LogP contribution in [0.15, 0.2) is 30.3 Å². The molecular weight excluding hydrogens is 352 g/mol. The second kappa shape index (κ2) is 8.15. The van der Waals surface area contributed by atoms with Crippen LogP contribution in [0.2, 0.25) is 0 Å². The summed E-state index contributed by atoms with van der Waals surface area (Å²) in [6.07, 6.45) is 0. The molecule has 5 nitrogen and oxygen atoms in total. The fourth-order valence-corrected chi connectivity index (χ4v) is 3.81. The van der Waals surface area contributed by atoms with E-state index in [1.807, 2.05) is 30.3 Å². The highest BCUT2D eigenvalue weighted by molar-refractivity contribution is 6.13. The molecule has 148 valence electrons. The Bertz CT molecular complexity index is 1050. The summed E-state index contributed by atoms with van der Waals surface area (Å²) < 4.78 is 7.76. The van der Waals surface area contributed by atoms with Gasteiger partial charge in [0, 0.05) is 41.0 Å². The van der Waals surface area contributed by atoms with Gasteiger partial charge in [-0.05, 0) is 51.2 Å². The van der Waals surface area contributed by atoms with Gasteiger partial charge in [-0.1, -0.05) is 13.8 Å². The van der Waals surface area contributed by atoms with Crippen molar-refractivity contribution in [3.05, 3.63) is 41.5 Å². The van der Waals surface area contributed by atoms with Gasteiger partial charge in [-0.15, -0.1) is 0 Å². The fourth-order valence-electron chi connectivity index (χ4n) is 3.81. The molecule has 0 unspecified atom stereocenters. The van der Waals surface area contributed by atoms with Crippen LogP contribution >= 0.6 is 0 Å². The zero-order chi connectivity index (χ0) is 20.4. The van der Waals surface area contributed by atoms with Gasteiger partial charge in [0.05, 0.1) is 18.2 Å². The van der Waals surface area contributed by atoms with E-state index in [4.69, 9.17) is 4.74 Å². The van der Waals surface area contributed by atoms with Crippen LogP contribution < -0.4 is 4.74 Å². The maximum atomic E-state index is 12.1. The number of nitrogens with zero attached hydrogens (tertiary/aromatic N) is 2. The molecule has 2 aromatic carbocycles. The molecule has 0 aliphatic rings. The summed E-state index contributed by atoms with van der Waals surface area (Å²) in [6.45, 7) is 11.2. The summed E-state index contributed by atoms with van der Waals surface area (Å²) in [4.78, 5) is 26.4. The largest absolute Gasteiger partial charge is 0.496 e. The first-order valence-corrected chi connectivity index (χ1v) is 9.79. The van der Waals surface area contributed by atoms with Gasteiger partial charge in [0.25, 0.3) is 0 Å². The van der Waals surface area contributed by atoms with E-state index in [1.54, 1.807) is 21.0 Å². The summed E-state index contributed by atoms with van der Waals surface area (Å²) >= 11 is 0. The van der Waals surface area contributed by atoms with Gasteiger partial charge >= 0.3 is 0 Å². The third-order valence-electron chi connectivity index (χ3n) is 5.51. The molecule has 0 spiro atoms. The molecule has 1 aromatic heterocycles. The van der Waals surface area contributed by atoms with Crippen LogP contribution in [0.5, 0.6) is 5.75 Å². The number of rotatable bonds is 8. The molecule has 3 aromatic rings. The molecule has 0 N–H and O–H groups in total. The Kier molecular flexibility index (Phi) is 5.84. The summed E-state index contributed by atoms with van der Waals surface area (Å²) in [5, 5.41) is 1.97. The Morgan fingerprint density at radius 3 is 2.21 bits per heavy atom. The summed E-state index contributed by atoms with van der Waals surface area (Å²) in [5.41, 5.74) is 3.32. The molecule has 28 heavy (non-hydrogen) atoms. The van der Waals surface area contributed by atoms with Crippen LogP contribution in [-0.2, 0) is 6.54 Å². The lowest BCUT2D eigenvalue weighted by Crippen LogP contribution is -2.26. The first-order valence-electron chi connectivity index (χ1n) is 9.79. The second-order valence-electron chi connectivity index (χ2n) is 7.09. The number of methoxy groups -OCH3 is 1. The lowest BCUT2D eigenvalue weighted by atomic mass is 10.0. The molecule has 0 bridgehead atoms. The minimum atomic E-state index is -0.0366. The molecule has 0 radical (unpaired) electrons. The number of carbonyl (C=O) groups is 2. The number of aromatic nitrogens is 1. The number of fused-ring (bicyclic) bond motifs is 3. The van der Waals surface area contributed by atoms with Crippen LogP contribution in [0.1, 0.15) is 48.4 Å². The van der Waals surface area contributed by atoms with Crippen LogP contribution in [-0.4, -0.2) is 47.8 Å². The first kappa shape index (κ1) is 20.1. The predicted octanol–water partition coefficient (Wildman–Crippen LogP) is 4.55. The normalized spacial score (nSPS) is 11.5. The minimum Gasteiger partial charge on any atom is -0.496 e. The van der Waals surface area contributed by atoms with Crippen molar-refractivity contribution in [3.8, 4) is 5.75 Å². The number of Topliss-reactive ketones (excluding diaryl/α,β-unsaturated/α-hetero) is 2. The van der Waals surface area contributed by atoms with Gasteiger partial charge in [-0.2, -0.15) is 0 Å². The standard InChI is InChI=1S/C23H28N2O3/c1-6-24(7-2)10-11-25-21-9-8-17(15(3)26)12-19(21)20-13-18(16(4)27)23(28-5)14-22(20)25/h8-9,12-14H,6-7,10-11H2,1-5H3. The molecule has 0 fully saturated rings. The van der Waals surface area contributed by atoms with Crippen molar-refractivity contribution in [2.45, 2.75) is 34.2 Å². The van der Waals surface area contributed by atoms with Gasteiger partial charge in [-0.3, -0.25) is 9.59 Å². The SMILES string of the molecule is CCN(CC)CCn1c2ccc(C(C)=O)cc2c2cc(C(C)=O)c(OC)cc21. The first-order chi connectivity index (χ1) is 13.4. The van der Waals surface area contributed by atoms with Gasteiger partial charge < -0.3 is 14.2 Å². The number of benzene rings is 2. The van der Waals surface area contributed by atoms with E-state index in [2.05, 4.69) is 23.3 Å². The molecule has 0 atom stereocenters. The summed E-state index contributed by atoms with van der Waals surface area (Å²) in [6, 6.07) is 9.66. The minimum absolute atomic E-state index is 0.0336. The average molecular weight is 380 g/mol. The van der Waals surface area contributed by atoms with Gasteiger partial charge in [0.15, 0.2) is 11.6 Å². The number of hydrogen-bond donors (Lipinski definition) is 0. The van der Waals surface area contributed by atoms with Crippen molar-refractivity contribution in [1.29, 1.82) is 0 Å². The molecule has 0 aliphatic heterocycles. The fraction of sp³-hybridized carbons (Fsp3) is 0.391. The smallest absolute Gasteiger partial charge is 0.163 e. The van der Waals surface area contributed by atoms with Crippen molar-refractivity contribution in [3.63, 3.8) is 0 Å². The van der Waals surface area contributed by atoms with Crippen molar-refractivity contribution in [1.82, 2.24) is 9.47 Å². The van der Waals surface area contributed by atoms with Crippen molar-refractivity contribution < 1.29 is 14.3 Å². The van der Waals surface area contributed by atoms with E-state index in [1.165, 1.54) is 0 Å². The van der Waals surface area contributed by atoms with E-state index in [0.717, 1.165) is 48.0 Å². The van der Waals surface area contributed by atoms with E-state index >= 15 is 0 Å². The Balaban J connectivity index is 2.28. The molecule has 0 saturated carbocycles. The maximum Gasteiger partial charge on any atom is 0.163 e. The maximum absolute atomic E-state index is 12.1. The van der Waals surface area contributed by atoms with Gasteiger partial charge in [-0.25, -0.2) is 0 Å². The van der Waals surface area contributed by atoms with Crippen molar-refractivity contribution in [2.24, 2.45) is 0 Å². The lowest BCUT2D eigenvalue weighted by molar-refractivity contribution is 0.100. The Labute approximate surface area is 165 Å². The topological polar surface area (TPSA) is 51.5 Å². The Morgan fingerprint density at radius 2 is 1.64 bits per heavy atom. The quantitative estimate of drug-likeness (QED) is 0.538. The zero-order valence-electron chi connectivity index (χ0n) is 17.3.